The van der Waals surface area contributed by atoms with Crippen molar-refractivity contribution in [2.24, 2.45) is 5.92 Å². The van der Waals surface area contributed by atoms with Crippen molar-refractivity contribution in [3.63, 3.8) is 0 Å². The molecule has 1 atom stereocenters. The van der Waals surface area contributed by atoms with E-state index in [1.54, 1.807) is 11.3 Å². The molecule has 1 aliphatic carbocycles. The fraction of sp³-hybridized carbons (Fsp3) is 0.381. The standard InChI is InChI=1S/C21H22N6S/c1-12-8-9-27(11-12)21-23-18-14-4-2-3-5-16(14)28-19(18)20(24-21)22-17-10-15(25-26-17)13-6-7-13/h2-5,10,12-13H,6-9,11H2,1H3,(H2,22,23,24,25,26)/t12-/m0/s1. The molecular formula is C21H22N6S. The highest BCUT2D eigenvalue weighted by atomic mass is 32.1. The van der Waals surface area contributed by atoms with Gasteiger partial charge in [0.05, 0.1) is 10.2 Å². The smallest absolute Gasteiger partial charge is 0.227 e. The summed E-state index contributed by atoms with van der Waals surface area (Å²) in [5, 5.41) is 12.3. The molecule has 2 N–H and O–H groups in total. The number of hydrogen-bond donors (Lipinski definition) is 2. The van der Waals surface area contributed by atoms with E-state index in [0.29, 0.717) is 11.8 Å². The quantitative estimate of drug-likeness (QED) is 0.511. The molecule has 4 aromatic rings. The van der Waals surface area contributed by atoms with Crippen LogP contribution in [0.15, 0.2) is 30.3 Å². The number of rotatable bonds is 4. The monoisotopic (exact) mass is 390 g/mol. The summed E-state index contributed by atoms with van der Waals surface area (Å²) in [4.78, 5) is 12.2. The highest BCUT2D eigenvalue weighted by Crippen LogP contribution is 2.41. The fourth-order valence-electron chi connectivity index (χ4n) is 4.05. The zero-order valence-electron chi connectivity index (χ0n) is 15.8. The average Bonchev–Trinajstić information content (AvgIpc) is 3.11. The van der Waals surface area contributed by atoms with E-state index >= 15 is 0 Å². The van der Waals surface area contributed by atoms with Crippen molar-refractivity contribution in [1.82, 2.24) is 20.2 Å². The number of thiophene rings is 1. The topological polar surface area (TPSA) is 69.7 Å². The molecular weight excluding hydrogens is 368 g/mol. The molecule has 1 aromatic carbocycles. The number of nitrogens with zero attached hydrogens (tertiary/aromatic N) is 4. The molecule has 0 amide bonds. The molecule has 1 saturated heterocycles. The summed E-state index contributed by atoms with van der Waals surface area (Å²) in [6.07, 6.45) is 3.71. The number of nitrogens with one attached hydrogen (secondary N) is 2. The summed E-state index contributed by atoms with van der Waals surface area (Å²) in [5.41, 5.74) is 2.25. The van der Waals surface area contributed by atoms with Gasteiger partial charge in [-0.3, -0.25) is 5.10 Å². The van der Waals surface area contributed by atoms with Crippen LogP contribution in [0.2, 0.25) is 0 Å². The van der Waals surface area contributed by atoms with Gasteiger partial charge in [-0.15, -0.1) is 11.3 Å². The van der Waals surface area contributed by atoms with Crippen LogP contribution in [-0.4, -0.2) is 33.3 Å². The predicted octanol–water partition coefficient (Wildman–Crippen LogP) is 5.03. The van der Waals surface area contributed by atoms with Crippen LogP contribution in [0.25, 0.3) is 20.3 Å². The Hall–Kier alpha value is -2.67. The molecule has 3 aromatic heterocycles. The Morgan fingerprint density at radius 1 is 1.18 bits per heavy atom. The molecule has 7 heteroatoms. The van der Waals surface area contributed by atoms with Crippen molar-refractivity contribution in [2.45, 2.75) is 32.1 Å². The van der Waals surface area contributed by atoms with Gasteiger partial charge in [0.15, 0.2) is 11.6 Å². The van der Waals surface area contributed by atoms with Gasteiger partial charge in [0.1, 0.15) is 0 Å². The van der Waals surface area contributed by atoms with Gasteiger partial charge in [-0.05, 0) is 31.2 Å². The minimum atomic E-state index is 0.652. The van der Waals surface area contributed by atoms with E-state index in [4.69, 9.17) is 9.97 Å². The molecule has 0 radical (unpaired) electrons. The van der Waals surface area contributed by atoms with Crippen molar-refractivity contribution in [2.75, 3.05) is 23.3 Å². The van der Waals surface area contributed by atoms with Crippen molar-refractivity contribution < 1.29 is 0 Å². The minimum Gasteiger partial charge on any atom is -0.340 e. The highest BCUT2D eigenvalue weighted by Gasteiger charge is 2.26. The Morgan fingerprint density at radius 2 is 2.07 bits per heavy atom. The third-order valence-electron chi connectivity index (χ3n) is 5.78. The van der Waals surface area contributed by atoms with Crippen LogP contribution in [0, 0.1) is 5.92 Å². The van der Waals surface area contributed by atoms with Crippen LogP contribution in [0.5, 0.6) is 0 Å². The summed E-state index contributed by atoms with van der Waals surface area (Å²) < 4.78 is 2.33. The first-order valence-corrected chi connectivity index (χ1v) is 10.8. The van der Waals surface area contributed by atoms with E-state index in [0.717, 1.165) is 40.9 Å². The molecule has 0 bridgehead atoms. The molecule has 142 valence electrons. The third-order valence-corrected chi connectivity index (χ3v) is 6.94. The number of hydrogen-bond acceptors (Lipinski definition) is 6. The largest absolute Gasteiger partial charge is 0.340 e. The number of H-pyrrole nitrogens is 1. The van der Waals surface area contributed by atoms with E-state index in [1.165, 1.54) is 35.0 Å². The second kappa shape index (κ2) is 6.17. The SMILES string of the molecule is C[C@H]1CCN(c2nc(Nc3cc(C4CC4)[nH]n3)c3sc4ccccc4c3n2)C1. The molecule has 2 aliphatic rings. The maximum Gasteiger partial charge on any atom is 0.227 e. The predicted molar refractivity (Wildman–Crippen MR) is 115 cm³/mol. The lowest BCUT2D eigenvalue weighted by Gasteiger charge is -2.17. The number of aromatic nitrogens is 4. The molecule has 28 heavy (non-hydrogen) atoms. The molecule has 4 heterocycles. The molecule has 1 saturated carbocycles. The minimum absolute atomic E-state index is 0.652. The summed E-state index contributed by atoms with van der Waals surface area (Å²) >= 11 is 1.74. The molecule has 2 fully saturated rings. The molecule has 6 nitrogen and oxygen atoms in total. The van der Waals surface area contributed by atoms with E-state index in [2.05, 4.69) is 57.7 Å². The average molecular weight is 391 g/mol. The van der Waals surface area contributed by atoms with Crippen molar-refractivity contribution in [3.05, 3.63) is 36.0 Å². The fourth-order valence-corrected chi connectivity index (χ4v) is 5.13. The van der Waals surface area contributed by atoms with Gasteiger partial charge in [0.25, 0.3) is 0 Å². The van der Waals surface area contributed by atoms with E-state index in [9.17, 15) is 0 Å². The number of anilines is 3. The Balaban J connectivity index is 1.48. The normalized spacial score (nSPS) is 19.8. The second-order valence-electron chi connectivity index (χ2n) is 8.10. The van der Waals surface area contributed by atoms with Crippen LogP contribution in [-0.2, 0) is 0 Å². The van der Waals surface area contributed by atoms with Gasteiger partial charge in [0.2, 0.25) is 5.95 Å². The lowest BCUT2D eigenvalue weighted by molar-refractivity contribution is 0.658. The summed E-state index contributed by atoms with van der Waals surface area (Å²) in [7, 11) is 0. The van der Waals surface area contributed by atoms with Gasteiger partial charge >= 0.3 is 0 Å². The van der Waals surface area contributed by atoms with E-state index in [1.807, 2.05) is 0 Å². The van der Waals surface area contributed by atoms with E-state index < -0.39 is 0 Å². The third kappa shape index (κ3) is 2.73. The first kappa shape index (κ1) is 16.3. The van der Waals surface area contributed by atoms with Crippen LogP contribution >= 0.6 is 11.3 Å². The first-order chi connectivity index (χ1) is 13.7. The second-order valence-corrected chi connectivity index (χ2v) is 9.15. The van der Waals surface area contributed by atoms with Gasteiger partial charge in [-0.1, -0.05) is 25.1 Å². The van der Waals surface area contributed by atoms with Crippen LogP contribution in [0.1, 0.15) is 37.8 Å². The molecule has 6 rings (SSSR count). The van der Waals surface area contributed by atoms with Gasteiger partial charge in [0, 0.05) is 40.9 Å². The zero-order chi connectivity index (χ0) is 18.7. The summed E-state index contributed by atoms with van der Waals surface area (Å²) in [5.74, 6) is 3.84. The van der Waals surface area contributed by atoms with Gasteiger partial charge in [-0.2, -0.15) is 10.1 Å². The number of benzene rings is 1. The van der Waals surface area contributed by atoms with Crippen LogP contribution in [0.4, 0.5) is 17.6 Å². The number of aromatic amines is 1. The Morgan fingerprint density at radius 3 is 2.89 bits per heavy atom. The van der Waals surface area contributed by atoms with Gasteiger partial charge in [-0.25, -0.2) is 4.98 Å². The van der Waals surface area contributed by atoms with Crippen molar-refractivity contribution >= 4 is 49.2 Å². The molecule has 0 spiro atoms. The van der Waals surface area contributed by atoms with Crippen LogP contribution < -0.4 is 10.2 Å². The van der Waals surface area contributed by atoms with Crippen molar-refractivity contribution in [3.8, 4) is 0 Å². The Kier molecular flexibility index (Phi) is 3.59. The molecule has 1 aliphatic heterocycles. The maximum absolute atomic E-state index is 4.98. The zero-order valence-corrected chi connectivity index (χ0v) is 16.6. The van der Waals surface area contributed by atoms with Crippen molar-refractivity contribution in [1.29, 1.82) is 0 Å². The Bertz CT molecular complexity index is 1170. The first-order valence-electron chi connectivity index (χ1n) is 10.0. The maximum atomic E-state index is 4.98. The van der Waals surface area contributed by atoms with Crippen LogP contribution in [0.3, 0.4) is 0 Å². The Labute approximate surface area is 167 Å². The lowest BCUT2D eigenvalue weighted by Crippen LogP contribution is -2.22. The van der Waals surface area contributed by atoms with E-state index in [-0.39, 0.29) is 0 Å². The molecule has 0 unspecified atom stereocenters. The highest BCUT2D eigenvalue weighted by molar-refractivity contribution is 7.26. The van der Waals surface area contributed by atoms with Gasteiger partial charge < -0.3 is 10.2 Å². The summed E-state index contributed by atoms with van der Waals surface area (Å²) in [6, 6.07) is 10.6. The number of fused-ring (bicyclic) bond motifs is 3. The summed E-state index contributed by atoms with van der Waals surface area (Å²) in [6.45, 7) is 4.32. The lowest BCUT2D eigenvalue weighted by atomic mass is 10.2.